The summed E-state index contributed by atoms with van der Waals surface area (Å²) in [6.07, 6.45) is 4.74. The van der Waals surface area contributed by atoms with E-state index in [-0.39, 0.29) is 5.91 Å². The molecule has 0 aliphatic heterocycles. The number of carbonyl (C=O) groups is 1. The zero-order valence-corrected chi connectivity index (χ0v) is 8.83. The Morgan fingerprint density at radius 2 is 2.19 bits per heavy atom. The molecule has 1 N–H and O–H groups in total. The fourth-order valence-corrected chi connectivity index (χ4v) is 1.16. The van der Waals surface area contributed by atoms with Crippen LogP contribution in [0.5, 0.6) is 0 Å². The van der Waals surface area contributed by atoms with Crippen LogP contribution in [0.4, 0.5) is 0 Å². The number of nitrogens with one attached hydrogen (secondary N) is 1. The minimum atomic E-state index is -0.105. The van der Waals surface area contributed by atoms with Gasteiger partial charge in [0, 0.05) is 36.0 Å². The average molecular weight is 219 g/mol. The Hall–Kier alpha value is -2.07. The molecule has 0 fully saturated rings. The first-order chi connectivity index (χ1) is 7.84. The first-order valence-corrected chi connectivity index (χ1v) is 5.03. The topological polar surface area (TPSA) is 90.8 Å². The van der Waals surface area contributed by atoms with Gasteiger partial charge in [-0.15, -0.1) is 0 Å². The van der Waals surface area contributed by atoms with Crippen molar-refractivity contribution in [1.82, 2.24) is 10.3 Å². The fourth-order valence-electron chi connectivity index (χ4n) is 1.16. The van der Waals surface area contributed by atoms with E-state index in [1.807, 2.05) is 0 Å². The van der Waals surface area contributed by atoms with Crippen LogP contribution in [0.1, 0.15) is 23.2 Å². The lowest BCUT2D eigenvalue weighted by molar-refractivity contribution is 0.0953. The second-order valence-corrected chi connectivity index (χ2v) is 3.15. The molecule has 0 atom stereocenters. The zero-order valence-electron chi connectivity index (χ0n) is 8.83. The standard InChI is InChI=1S/C10H13N5O/c11-15-14-6-2-1-5-13-10(16)9-3-7-12-8-4-9/h3-4,7-8H,1-2,5-6H2,(H,13,16). The maximum Gasteiger partial charge on any atom is 0.251 e. The highest BCUT2D eigenvalue weighted by atomic mass is 16.1. The fraction of sp³-hybridized carbons (Fsp3) is 0.400. The third kappa shape index (κ3) is 4.43. The Labute approximate surface area is 93.3 Å². The lowest BCUT2D eigenvalue weighted by Crippen LogP contribution is -2.24. The number of azide groups is 1. The van der Waals surface area contributed by atoms with Crippen LogP contribution in [0.15, 0.2) is 29.6 Å². The Morgan fingerprint density at radius 3 is 2.88 bits per heavy atom. The Bertz CT molecular complexity index is 372. The van der Waals surface area contributed by atoms with Crippen molar-refractivity contribution in [2.24, 2.45) is 5.11 Å². The lowest BCUT2D eigenvalue weighted by Gasteiger charge is -2.03. The molecular weight excluding hydrogens is 206 g/mol. The van der Waals surface area contributed by atoms with Crippen molar-refractivity contribution in [2.45, 2.75) is 12.8 Å². The highest BCUT2D eigenvalue weighted by molar-refractivity contribution is 5.93. The van der Waals surface area contributed by atoms with Crippen LogP contribution < -0.4 is 5.32 Å². The predicted molar refractivity (Wildman–Crippen MR) is 59.8 cm³/mol. The maximum absolute atomic E-state index is 11.5. The summed E-state index contributed by atoms with van der Waals surface area (Å²) in [5.74, 6) is -0.105. The molecule has 0 saturated heterocycles. The van der Waals surface area contributed by atoms with Crippen LogP contribution in [0.25, 0.3) is 10.4 Å². The van der Waals surface area contributed by atoms with Crippen molar-refractivity contribution >= 4 is 5.91 Å². The van der Waals surface area contributed by atoms with Crippen LogP contribution >= 0.6 is 0 Å². The number of pyridine rings is 1. The van der Waals surface area contributed by atoms with Crippen LogP contribution in [-0.2, 0) is 0 Å². The number of unbranched alkanes of at least 4 members (excludes halogenated alkanes) is 1. The first-order valence-electron chi connectivity index (χ1n) is 5.03. The minimum absolute atomic E-state index is 0.105. The molecule has 0 unspecified atom stereocenters. The summed E-state index contributed by atoms with van der Waals surface area (Å²) in [5, 5.41) is 6.18. The van der Waals surface area contributed by atoms with E-state index in [1.165, 1.54) is 0 Å². The molecule has 0 aromatic carbocycles. The molecule has 0 aliphatic carbocycles. The van der Waals surface area contributed by atoms with E-state index >= 15 is 0 Å². The van der Waals surface area contributed by atoms with Gasteiger partial charge in [0.2, 0.25) is 0 Å². The van der Waals surface area contributed by atoms with Crippen molar-refractivity contribution in [3.63, 3.8) is 0 Å². The van der Waals surface area contributed by atoms with Crippen LogP contribution in [0, 0.1) is 0 Å². The molecule has 6 nitrogen and oxygen atoms in total. The van der Waals surface area contributed by atoms with E-state index in [4.69, 9.17) is 5.53 Å². The molecule has 0 radical (unpaired) electrons. The van der Waals surface area contributed by atoms with Crippen molar-refractivity contribution in [1.29, 1.82) is 0 Å². The minimum Gasteiger partial charge on any atom is -0.352 e. The SMILES string of the molecule is [N-]=[N+]=NCCCCNC(=O)c1ccncc1. The van der Waals surface area contributed by atoms with Gasteiger partial charge in [-0.2, -0.15) is 0 Å². The summed E-state index contributed by atoms with van der Waals surface area (Å²) in [6, 6.07) is 3.32. The molecule has 1 amide bonds. The van der Waals surface area contributed by atoms with Crippen LogP contribution in [0.3, 0.4) is 0 Å². The van der Waals surface area contributed by atoms with E-state index in [2.05, 4.69) is 20.3 Å². The molecule has 1 aromatic rings. The third-order valence-corrected chi connectivity index (χ3v) is 1.98. The van der Waals surface area contributed by atoms with Gasteiger partial charge in [0.05, 0.1) is 0 Å². The van der Waals surface area contributed by atoms with Gasteiger partial charge in [0.25, 0.3) is 5.91 Å². The van der Waals surface area contributed by atoms with Gasteiger partial charge in [0.1, 0.15) is 0 Å². The van der Waals surface area contributed by atoms with Crippen molar-refractivity contribution in [3.05, 3.63) is 40.5 Å². The number of amides is 1. The largest absolute Gasteiger partial charge is 0.352 e. The van der Waals surface area contributed by atoms with Gasteiger partial charge < -0.3 is 5.32 Å². The molecule has 16 heavy (non-hydrogen) atoms. The van der Waals surface area contributed by atoms with E-state index in [0.717, 1.165) is 12.8 Å². The number of rotatable bonds is 6. The summed E-state index contributed by atoms with van der Waals surface area (Å²) in [6.45, 7) is 1.06. The van der Waals surface area contributed by atoms with Gasteiger partial charge >= 0.3 is 0 Å². The Balaban J connectivity index is 2.18. The van der Waals surface area contributed by atoms with E-state index in [9.17, 15) is 4.79 Å². The van der Waals surface area contributed by atoms with Gasteiger partial charge in [-0.1, -0.05) is 5.11 Å². The average Bonchev–Trinajstić information content (AvgIpc) is 2.34. The molecule has 1 rings (SSSR count). The molecule has 1 heterocycles. The molecule has 0 spiro atoms. The quantitative estimate of drug-likeness (QED) is 0.342. The second kappa shape index (κ2) is 7.25. The van der Waals surface area contributed by atoms with Crippen molar-refractivity contribution < 1.29 is 4.79 Å². The van der Waals surface area contributed by atoms with Crippen molar-refractivity contribution in [3.8, 4) is 0 Å². The van der Waals surface area contributed by atoms with E-state index in [0.29, 0.717) is 18.7 Å². The Kier molecular flexibility index (Phi) is 5.44. The van der Waals surface area contributed by atoms with E-state index < -0.39 is 0 Å². The summed E-state index contributed by atoms with van der Waals surface area (Å²) < 4.78 is 0. The van der Waals surface area contributed by atoms with E-state index in [1.54, 1.807) is 24.5 Å². The number of aromatic nitrogens is 1. The predicted octanol–water partition coefficient (Wildman–Crippen LogP) is 1.90. The molecule has 0 aliphatic rings. The highest BCUT2D eigenvalue weighted by Crippen LogP contribution is 1.96. The summed E-state index contributed by atoms with van der Waals surface area (Å²) in [5.41, 5.74) is 8.64. The smallest absolute Gasteiger partial charge is 0.251 e. The normalized spacial score (nSPS) is 9.25. The van der Waals surface area contributed by atoms with Gasteiger partial charge in [-0.3, -0.25) is 9.78 Å². The van der Waals surface area contributed by atoms with Gasteiger partial charge in [-0.05, 0) is 30.5 Å². The van der Waals surface area contributed by atoms with Crippen LogP contribution in [-0.4, -0.2) is 24.0 Å². The maximum atomic E-state index is 11.5. The molecule has 0 saturated carbocycles. The monoisotopic (exact) mass is 219 g/mol. The lowest BCUT2D eigenvalue weighted by atomic mass is 10.2. The summed E-state index contributed by atoms with van der Waals surface area (Å²) >= 11 is 0. The molecule has 84 valence electrons. The Morgan fingerprint density at radius 1 is 1.44 bits per heavy atom. The zero-order chi connectivity index (χ0) is 11.6. The number of hydrogen-bond donors (Lipinski definition) is 1. The molecular formula is C10H13N5O. The van der Waals surface area contributed by atoms with Crippen LogP contribution in [0.2, 0.25) is 0 Å². The molecule has 6 heteroatoms. The highest BCUT2D eigenvalue weighted by Gasteiger charge is 2.02. The van der Waals surface area contributed by atoms with Gasteiger partial charge in [0.15, 0.2) is 0 Å². The number of nitrogens with zero attached hydrogens (tertiary/aromatic N) is 4. The molecule has 0 bridgehead atoms. The van der Waals surface area contributed by atoms with Gasteiger partial charge in [-0.25, -0.2) is 0 Å². The third-order valence-electron chi connectivity index (χ3n) is 1.98. The van der Waals surface area contributed by atoms with Crippen molar-refractivity contribution in [2.75, 3.05) is 13.1 Å². The number of hydrogen-bond acceptors (Lipinski definition) is 3. The summed E-state index contributed by atoms with van der Waals surface area (Å²) in [7, 11) is 0. The first kappa shape index (κ1) is 12.0. The second-order valence-electron chi connectivity index (χ2n) is 3.15. The summed E-state index contributed by atoms with van der Waals surface area (Å²) in [4.78, 5) is 18.0. The molecule has 1 aromatic heterocycles. The number of carbonyl (C=O) groups excluding carboxylic acids is 1.